The van der Waals surface area contributed by atoms with Gasteiger partial charge in [0, 0.05) is 122 Å². The van der Waals surface area contributed by atoms with E-state index in [9.17, 15) is 32.7 Å². The van der Waals surface area contributed by atoms with Crippen LogP contribution in [0.15, 0.2) is 212 Å². The van der Waals surface area contributed by atoms with E-state index in [2.05, 4.69) is 151 Å². The number of aryl methyl sites for hydroxylation is 6. The van der Waals surface area contributed by atoms with Crippen LogP contribution in [0.25, 0.3) is 30.3 Å². The smallest absolute Gasteiger partial charge is 0.542 e. The third kappa shape index (κ3) is 40.3. The quantitative estimate of drug-likeness (QED) is 0.0335. The van der Waals surface area contributed by atoms with Crippen LogP contribution in [-0.4, -0.2) is 144 Å². The minimum absolute atomic E-state index is 0. The Bertz CT molecular complexity index is 6440. The number of anilines is 4. The molecule has 19 nitrogen and oxygen atoms in total. The summed E-state index contributed by atoms with van der Waals surface area (Å²) in [7, 11) is 5.07. The SMILES string of the molecule is BrB(Br)Br.BrB(Br)Br.C.C.C.C.C.COc1ccc(B(O)O)cc1.COc1ccc(N2CCCCC2)cc1.COc1ccc2c(Cl)c(C(=O)c3c(C)cc(F)cc3C)sc2c1.COc1ccc2c(Oc3ccc(N4CCCCC4)cc3)c(C(=O)c3c(C)cc(F)cc3C)sc2c1.C[C-]=O.C[C-]=O.Cc1cc(F)cc(C)c1C(=O)c1sc2cc(O)ccc2c1Oc1ccc(N2CCCCC2)cc1.Oc1ccc(N2CCCCC2)cc1.[Cu+2]. The van der Waals surface area contributed by atoms with E-state index < -0.39 is 7.12 Å². The van der Waals surface area contributed by atoms with Gasteiger partial charge in [-0.15, -0.1) is 129 Å². The monoisotopic (exact) mass is 2560 g/mol. The molecule has 7 heterocycles. The molecule has 0 amide bonds. The maximum Gasteiger partial charge on any atom is 2.00 e. The average molecular weight is 2570 g/mol. The van der Waals surface area contributed by atoms with Crippen molar-refractivity contribution in [2.75, 3.05) is 100 Å². The second-order valence-electron chi connectivity index (χ2n) is 33.5. The molecule has 14 aromatic rings. The first-order chi connectivity index (χ1) is 69.0. The maximum absolute atomic E-state index is 13.9. The number of carbonyl (C=O) groups is 3. The Labute approximate surface area is 962 Å². The van der Waals surface area contributed by atoms with Gasteiger partial charge < -0.3 is 77.9 Å². The molecule has 0 spiro atoms. The van der Waals surface area contributed by atoms with Crippen LogP contribution in [0.4, 0.5) is 35.9 Å². The normalized spacial score (nSPS) is 12.3. The van der Waals surface area contributed by atoms with Gasteiger partial charge >= 0.3 is 30.6 Å². The van der Waals surface area contributed by atoms with Crippen molar-refractivity contribution < 1.29 is 103 Å². The van der Waals surface area contributed by atoms with E-state index in [1.54, 1.807) is 125 Å². The van der Waals surface area contributed by atoms with Gasteiger partial charge in [-0.3, -0.25) is 27.0 Å². The third-order valence-electron chi connectivity index (χ3n) is 23.4. The van der Waals surface area contributed by atoms with Crippen molar-refractivity contribution in [1.82, 2.24) is 0 Å². The second-order valence-corrected chi connectivity index (χ2v) is 49.9. The summed E-state index contributed by atoms with van der Waals surface area (Å²) >= 11 is 29.0. The number of hydrogen-bond acceptors (Lipinski definition) is 22. The largest absolute Gasteiger partial charge is 2.00 e. The van der Waals surface area contributed by atoms with Gasteiger partial charge in [0.25, 0.3) is 0 Å². The van der Waals surface area contributed by atoms with Crippen molar-refractivity contribution in [2.45, 2.75) is 170 Å². The molecule has 809 valence electrons. The van der Waals surface area contributed by atoms with E-state index in [-0.39, 0.29) is 101 Å². The molecule has 4 fully saturated rings. The first-order valence-electron chi connectivity index (χ1n) is 46.5. The number of aromatic hydroxyl groups is 2. The van der Waals surface area contributed by atoms with Gasteiger partial charge in [-0.25, -0.2) is 13.2 Å². The number of benzene rings is 11. The van der Waals surface area contributed by atoms with Crippen molar-refractivity contribution >= 4 is 242 Å². The number of phenols is 2. The van der Waals surface area contributed by atoms with Gasteiger partial charge in [-0.1, -0.05) is 60.9 Å². The number of thiophene rings is 3. The molecule has 0 aliphatic carbocycles. The van der Waals surface area contributed by atoms with Crippen molar-refractivity contribution in [3.63, 3.8) is 0 Å². The number of methoxy groups -OCH3 is 4. The molecule has 4 N–H and O–H groups in total. The molecule has 0 bridgehead atoms. The number of piperidine rings is 4. The fourth-order valence-electron chi connectivity index (χ4n) is 16.7. The molecular weight excluding hydrogens is 2430 g/mol. The van der Waals surface area contributed by atoms with Crippen LogP contribution in [0.3, 0.4) is 0 Å². The van der Waals surface area contributed by atoms with E-state index >= 15 is 0 Å². The number of hydrogen-bond donors (Lipinski definition) is 4. The molecule has 0 unspecified atom stereocenters. The van der Waals surface area contributed by atoms with Crippen LogP contribution < -0.4 is 53.5 Å². The Kier molecular flexibility index (Phi) is 62.0. The zero-order valence-corrected chi connectivity index (χ0v) is 96.1. The topological polar surface area (TPSA) is 235 Å². The summed E-state index contributed by atoms with van der Waals surface area (Å²) < 4.78 is 77.6. The van der Waals surface area contributed by atoms with Gasteiger partial charge in [0.15, 0.2) is 11.5 Å². The minimum atomic E-state index is -1.40. The summed E-state index contributed by atoms with van der Waals surface area (Å²) in [4.78, 5) is 68.7. The number of ketones is 3. The number of carbonyl (C=O) groups excluding carboxylic acids is 5. The number of rotatable bonds is 19. The van der Waals surface area contributed by atoms with Gasteiger partial charge in [-0.05, 0) is 358 Å². The van der Waals surface area contributed by atoms with E-state index in [1.165, 1.54) is 210 Å². The summed E-state index contributed by atoms with van der Waals surface area (Å²) in [5, 5.41) is 39.4. The Hall–Kier alpha value is -9.16. The fourth-order valence-corrected chi connectivity index (χ4v) is 20.4. The first kappa shape index (κ1) is 135. The summed E-state index contributed by atoms with van der Waals surface area (Å²) in [6, 6.07) is 62.9. The summed E-state index contributed by atoms with van der Waals surface area (Å²) in [6.07, 6.45) is 18.4. The summed E-state index contributed by atoms with van der Waals surface area (Å²) in [5.41, 5.74) is 10.5. The number of fused-ring (bicyclic) bond motifs is 3. The predicted octanol–water partition coefficient (Wildman–Crippen LogP) is 32.8. The molecule has 18 rings (SSSR count). The zero-order chi connectivity index (χ0) is 105. The number of phenolic OH excluding ortho intramolecular Hbond substituents is 2. The Morgan fingerprint density at radius 1 is 0.340 bits per heavy atom. The van der Waals surface area contributed by atoms with Crippen LogP contribution in [0.5, 0.6) is 57.5 Å². The molecular formula is C114H135B3Br6ClCuF3N4O15S3. The van der Waals surface area contributed by atoms with Crippen molar-refractivity contribution in [1.29, 1.82) is 0 Å². The maximum atomic E-state index is 13.9. The van der Waals surface area contributed by atoms with Crippen LogP contribution in [0, 0.1) is 59.0 Å². The first-order valence-corrected chi connectivity index (χ1v) is 54.9. The second kappa shape index (κ2) is 68.9. The van der Waals surface area contributed by atoms with E-state index in [1.807, 2.05) is 84.9 Å². The summed E-state index contributed by atoms with van der Waals surface area (Å²) in [5.74, 6) is 4.21. The molecule has 150 heavy (non-hydrogen) atoms. The molecule has 3 aromatic heterocycles. The van der Waals surface area contributed by atoms with Crippen LogP contribution >= 0.6 is 140 Å². The molecule has 4 aliphatic rings. The third-order valence-corrected chi connectivity index (χ3v) is 27.4. The van der Waals surface area contributed by atoms with Gasteiger partial charge in [0.05, 0.1) is 38.3 Å². The molecule has 4 aliphatic heterocycles. The molecule has 1 radical (unpaired) electrons. The molecule has 0 atom stereocenters. The van der Waals surface area contributed by atoms with Crippen molar-refractivity contribution in [3.8, 4) is 57.5 Å². The number of halogens is 10. The van der Waals surface area contributed by atoms with E-state index in [0.29, 0.717) is 121 Å². The number of ether oxygens (including phenoxy) is 6. The number of nitrogens with zero attached hydrogens (tertiary/aromatic N) is 4. The Morgan fingerprint density at radius 3 is 0.853 bits per heavy atom. The minimum Gasteiger partial charge on any atom is -0.542 e. The molecule has 0 saturated carbocycles. The Balaban J connectivity index is 0.000000465. The van der Waals surface area contributed by atoms with Gasteiger partial charge in [0.1, 0.15) is 73.2 Å². The van der Waals surface area contributed by atoms with Crippen LogP contribution in [0.2, 0.25) is 5.02 Å². The van der Waals surface area contributed by atoms with Crippen molar-refractivity contribution in [2.24, 2.45) is 0 Å². The van der Waals surface area contributed by atoms with Gasteiger partial charge in [-0.2, -0.15) is 13.8 Å². The van der Waals surface area contributed by atoms with E-state index in [4.69, 9.17) is 64.8 Å². The van der Waals surface area contributed by atoms with Crippen LogP contribution in [0.1, 0.15) is 207 Å². The summed E-state index contributed by atoms with van der Waals surface area (Å²) in [6.45, 7) is 22.1. The van der Waals surface area contributed by atoms with E-state index in [0.717, 1.165) is 75.3 Å². The van der Waals surface area contributed by atoms with Crippen LogP contribution in [-0.2, 0) is 26.7 Å². The fraction of sp³-hybridized carbons (Fsp3) is 0.325. The predicted molar refractivity (Wildman–Crippen MR) is 646 cm³/mol. The Morgan fingerprint density at radius 2 is 0.567 bits per heavy atom. The zero-order valence-electron chi connectivity index (χ0n) is 82.5. The standard InChI is InChI=1S/C29H28FNO3S.C28H26FNO3S.C18H14ClFO2S.C12H17NO.C11H15NO.C7H9BO3.2C2H3O.5CH4.2BBr3.Cu/c1-18-15-20(30)16-19(2)26(18)27(32)29-28(24-12-11-23(33-3)17-25(24)35-29)34-22-9-7-21(8-10-22)31-13-5-4-6-14-31;1-17-14-19(29)15-18(2)25(17)26(32)28-27(23-11-8-21(31)16-24(23)34-28)33-22-9-6-20(7-10-22)30-12-4-3-5-13-30;1-9-6-11(20)7-10(2)15(9)17(21)18-16(19)13-5-4-12(22-3)8-14(13)23-18;1-14-12-7-5-11(6-8-12)13-9-3-2-4-10-13;13-11-6-4-10(5-7-11)12-8-2-1-3-9-12;1-11-7-4-2-6(3-5-7)8(9)10;2*1-2-3;;;;;;2*2-1(3)4;/h7-12,15-17H,4-6,13-14H2,1-3H3;6-11,14-16,31H,3-5,12-13H2,1-2H3;4-8H,1-3H3;5-8H,2-4,9-10H2,1H3;4-7,13H,1-3,8-9H2;2-5,9-10H,1H3;2*1H3;5*1H4;;;/q;;;;;;2*-1;;;;;;;;+2. The van der Waals surface area contributed by atoms with Gasteiger partial charge in [0.2, 0.25) is 17.3 Å². The molecule has 4 saturated heterocycles. The van der Waals surface area contributed by atoms with Crippen molar-refractivity contribution in [3.05, 3.63) is 299 Å². The molecule has 11 aromatic carbocycles. The average Bonchev–Trinajstić information content (AvgIpc) is 1.64. The molecule has 36 heteroatoms.